The van der Waals surface area contributed by atoms with E-state index in [1.807, 2.05) is 13.0 Å². The zero-order valence-electron chi connectivity index (χ0n) is 13.5. The maximum absolute atomic E-state index is 13.7. The Morgan fingerprint density at radius 1 is 0.857 bits per heavy atom. The molecule has 1 atom stereocenters. The van der Waals surface area contributed by atoms with Crippen molar-refractivity contribution in [3.8, 4) is 0 Å². The molecule has 0 radical (unpaired) electrons. The highest BCUT2D eigenvalue weighted by molar-refractivity contribution is 5.44. The lowest BCUT2D eigenvalue weighted by Crippen LogP contribution is -2.24. The molecule has 1 unspecified atom stereocenters. The van der Waals surface area contributed by atoms with Crippen molar-refractivity contribution < 1.29 is 4.39 Å². The van der Waals surface area contributed by atoms with E-state index in [9.17, 15) is 4.39 Å². The normalized spacial score (nSPS) is 12.5. The molecule has 0 aliphatic carbocycles. The van der Waals surface area contributed by atoms with Crippen molar-refractivity contribution in [1.82, 2.24) is 5.32 Å². The second-order valence-corrected chi connectivity index (χ2v) is 5.78. The first-order valence-electron chi connectivity index (χ1n) is 7.51. The predicted molar refractivity (Wildman–Crippen MR) is 87.3 cm³/mol. The van der Waals surface area contributed by atoms with Crippen LogP contribution in [0.5, 0.6) is 0 Å². The minimum atomic E-state index is -0.181. The average Bonchev–Trinajstić information content (AvgIpc) is 2.43. The smallest absolute Gasteiger partial charge is 0.123 e. The topological polar surface area (TPSA) is 12.0 Å². The van der Waals surface area contributed by atoms with E-state index in [1.165, 1.54) is 28.3 Å². The van der Waals surface area contributed by atoms with Gasteiger partial charge in [0.25, 0.3) is 0 Å². The van der Waals surface area contributed by atoms with E-state index in [4.69, 9.17) is 0 Å². The first kappa shape index (κ1) is 15.7. The fourth-order valence-corrected chi connectivity index (χ4v) is 2.81. The Balaban J connectivity index is 2.58. The van der Waals surface area contributed by atoms with Gasteiger partial charge in [-0.05, 0) is 79.8 Å². The highest BCUT2D eigenvalue weighted by Gasteiger charge is 2.18. The summed E-state index contributed by atoms with van der Waals surface area (Å²) in [6.07, 6.45) is 0. The highest BCUT2D eigenvalue weighted by Crippen LogP contribution is 2.29. The molecule has 0 spiro atoms. The third-order valence-corrected chi connectivity index (χ3v) is 4.15. The molecular weight excluding hydrogens is 261 g/mol. The van der Waals surface area contributed by atoms with Gasteiger partial charge in [-0.25, -0.2) is 4.39 Å². The number of benzene rings is 2. The summed E-state index contributed by atoms with van der Waals surface area (Å²) in [4.78, 5) is 0. The van der Waals surface area contributed by atoms with Gasteiger partial charge in [0.05, 0.1) is 6.04 Å². The first-order chi connectivity index (χ1) is 9.93. The molecular formula is C19H24FN. The molecule has 0 amide bonds. The lowest BCUT2D eigenvalue weighted by atomic mass is 9.89. The van der Waals surface area contributed by atoms with Gasteiger partial charge in [-0.2, -0.15) is 0 Å². The zero-order valence-corrected chi connectivity index (χ0v) is 13.5. The van der Waals surface area contributed by atoms with Crippen molar-refractivity contribution >= 4 is 0 Å². The molecule has 0 aromatic heterocycles. The molecule has 1 nitrogen and oxygen atoms in total. The summed E-state index contributed by atoms with van der Waals surface area (Å²) in [5.74, 6) is -0.181. The number of hydrogen-bond donors (Lipinski definition) is 1. The Labute approximate surface area is 127 Å². The van der Waals surface area contributed by atoms with E-state index < -0.39 is 0 Å². The van der Waals surface area contributed by atoms with Gasteiger partial charge in [0, 0.05) is 0 Å². The van der Waals surface area contributed by atoms with Gasteiger partial charge in [0.1, 0.15) is 5.82 Å². The molecule has 0 heterocycles. The first-order valence-corrected chi connectivity index (χ1v) is 7.51. The van der Waals surface area contributed by atoms with Crippen LogP contribution in [0.1, 0.15) is 46.3 Å². The summed E-state index contributed by atoms with van der Waals surface area (Å²) in [6.45, 7) is 11.3. The molecule has 1 N–H and O–H groups in total. The Kier molecular flexibility index (Phi) is 4.79. The van der Waals surface area contributed by atoms with Crippen LogP contribution in [0.15, 0.2) is 30.3 Å². The van der Waals surface area contributed by atoms with Crippen molar-refractivity contribution in [2.24, 2.45) is 0 Å². The van der Waals surface area contributed by atoms with Crippen molar-refractivity contribution in [3.05, 3.63) is 69.5 Å². The maximum atomic E-state index is 13.7. The fraction of sp³-hybridized carbons (Fsp3) is 0.368. The molecule has 0 aliphatic heterocycles. The molecule has 0 fully saturated rings. The van der Waals surface area contributed by atoms with Crippen molar-refractivity contribution in [2.75, 3.05) is 6.54 Å². The van der Waals surface area contributed by atoms with Crippen molar-refractivity contribution in [3.63, 3.8) is 0 Å². The molecule has 2 aromatic carbocycles. The lowest BCUT2D eigenvalue weighted by Gasteiger charge is -2.24. The van der Waals surface area contributed by atoms with Gasteiger partial charge in [-0.15, -0.1) is 0 Å². The van der Waals surface area contributed by atoms with E-state index in [1.54, 1.807) is 6.07 Å². The molecule has 0 saturated carbocycles. The summed E-state index contributed by atoms with van der Waals surface area (Å²) < 4.78 is 13.7. The number of nitrogens with one attached hydrogen (secondary N) is 1. The quantitative estimate of drug-likeness (QED) is 0.854. The molecule has 2 aromatic rings. The van der Waals surface area contributed by atoms with Crippen LogP contribution in [0.25, 0.3) is 0 Å². The summed E-state index contributed by atoms with van der Waals surface area (Å²) in [5.41, 5.74) is 7.17. The fourth-order valence-electron chi connectivity index (χ4n) is 2.81. The van der Waals surface area contributed by atoms with Gasteiger partial charge in [-0.1, -0.05) is 25.1 Å². The minimum absolute atomic E-state index is 0.0324. The van der Waals surface area contributed by atoms with E-state index in [0.29, 0.717) is 0 Å². The number of halogens is 1. The second kappa shape index (κ2) is 6.40. The van der Waals surface area contributed by atoms with Crippen LogP contribution in [0.2, 0.25) is 0 Å². The largest absolute Gasteiger partial charge is 0.307 e. The predicted octanol–water partition coefficient (Wildman–Crippen LogP) is 4.76. The van der Waals surface area contributed by atoms with Gasteiger partial charge in [-0.3, -0.25) is 0 Å². The van der Waals surface area contributed by atoms with Crippen LogP contribution in [0.3, 0.4) is 0 Å². The van der Waals surface area contributed by atoms with E-state index in [2.05, 4.69) is 45.1 Å². The third kappa shape index (κ3) is 3.33. The van der Waals surface area contributed by atoms with Gasteiger partial charge in [0.15, 0.2) is 0 Å². The zero-order chi connectivity index (χ0) is 15.6. The van der Waals surface area contributed by atoms with Crippen LogP contribution < -0.4 is 5.32 Å². The van der Waals surface area contributed by atoms with Gasteiger partial charge < -0.3 is 5.32 Å². The van der Waals surface area contributed by atoms with E-state index >= 15 is 0 Å². The molecule has 112 valence electrons. The molecule has 0 saturated heterocycles. The van der Waals surface area contributed by atoms with E-state index in [0.717, 1.165) is 17.7 Å². The molecule has 2 heteroatoms. The lowest BCUT2D eigenvalue weighted by molar-refractivity contribution is 0.599. The Morgan fingerprint density at radius 2 is 1.48 bits per heavy atom. The van der Waals surface area contributed by atoms with Crippen LogP contribution in [-0.2, 0) is 0 Å². The van der Waals surface area contributed by atoms with Crippen LogP contribution in [0, 0.1) is 33.5 Å². The Morgan fingerprint density at radius 3 is 2.14 bits per heavy atom. The SMILES string of the molecule is CCNC(c1cc(F)ccc1C)c1cc(C)c(C)cc1C. The number of aryl methyl sites for hydroxylation is 4. The summed E-state index contributed by atoms with van der Waals surface area (Å²) in [6, 6.07) is 9.49. The molecule has 0 aliphatic rings. The second-order valence-electron chi connectivity index (χ2n) is 5.78. The third-order valence-electron chi connectivity index (χ3n) is 4.15. The molecule has 21 heavy (non-hydrogen) atoms. The average molecular weight is 285 g/mol. The van der Waals surface area contributed by atoms with E-state index in [-0.39, 0.29) is 11.9 Å². The van der Waals surface area contributed by atoms with Crippen LogP contribution in [-0.4, -0.2) is 6.54 Å². The maximum Gasteiger partial charge on any atom is 0.123 e. The highest BCUT2D eigenvalue weighted by atomic mass is 19.1. The summed E-state index contributed by atoms with van der Waals surface area (Å²) >= 11 is 0. The minimum Gasteiger partial charge on any atom is -0.307 e. The Bertz CT molecular complexity index is 646. The van der Waals surface area contributed by atoms with Crippen LogP contribution in [0.4, 0.5) is 4.39 Å². The van der Waals surface area contributed by atoms with Crippen molar-refractivity contribution in [1.29, 1.82) is 0 Å². The monoisotopic (exact) mass is 285 g/mol. The summed E-state index contributed by atoms with van der Waals surface area (Å²) in [7, 11) is 0. The summed E-state index contributed by atoms with van der Waals surface area (Å²) in [5, 5.41) is 3.50. The van der Waals surface area contributed by atoms with Crippen molar-refractivity contribution in [2.45, 2.75) is 40.7 Å². The van der Waals surface area contributed by atoms with Gasteiger partial charge in [0.2, 0.25) is 0 Å². The number of rotatable bonds is 4. The van der Waals surface area contributed by atoms with Gasteiger partial charge >= 0.3 is 0 Å². The Hall–Kier alpha value is -1.67. The number of hydrogen-bond acceptors (Lipinski definition) is 1. The molecule has 0 bridgehead atoms. The standard InChI is InChI=1S/C19H24FN/c1-6-21-19(18-11-16(20)8-7-12(18)2)17-10-14(4)13(3)9-15(17)5/h7-11,19,21H,6H2,1-5H3. The van der Waals surface area contributed by atoms with Crippen LogP contribution >= 0.6 is 0 Å². The molecule has 2 rings (SSSR count).